The molecule has 1 N–H and O–H groups in total. The lowest BCUT2D eigenvalue weighted by atomic mass is 10.3. The highest BCUT2D eigenvalue weighted by Gasteiger charge is 2.08. The molecule has 4 nitrogen and oxygen atoms in total. The Morgan fingerprint density at radius 2 is 2.16 bits per heavy atom. The Labute approximate surface area is 115 Å². The minimum absolute atomic E-state index is 0.717. The van der Waals surface area contributed by atoms with Crippen molar-refractivity contribution < 1.29 is 0 Å². The van der Waals surface area contributed by atoms with Crippen molar-refractivity contribution in [2.45, 2.75) is 20.4 Å². The van der Waals surface area contributed by atoms with Gasteiger partial charge in [-0.25, -0.2) is 9.97 Å². The van der Waals surface area contributed by atoms with E-state index in [4.69, 9.17) is 0 Å². The van der Waals surface area contributed by atoms with Gasteiger partial charge >= 0.3 is 0 Å². The summed E-state index contributed by atoms with van der Waals surface area (Å²) in [6.07, 6.45) is 3.63. The van der Waals surface area contributed by atoms with Gasteiger partial charge in [0.2, 0.25) is 0 Å². The van der Waals surface area contributed by atoms with E-state index in [2.05, 4.69) is 33.3 Å². The summed E-state index contributed by atoms with van der Waals surface area (Å²) in [6.45, 7) is 4.73. The second-order valence-corrected chi connectivity index (χ2v) is 5.64. The number of nitrogens with one attached hydrogen (secondary N) is 1. The van der Waals surface area contributed by atoms with E-state index in [-0.39, 0.29) is 0 Å². The van der Waals surface area contributed by atoms with Crippen LogP contribution >= 0.6 is 11.3 Å². The Morgan fingerprint density at radius 1 is 1.26 bits per heavy atom. The van der Waals surface area contributed by atoms with E-state index >= 15 is 0 Å². The fourth-order valence-corrected chi connectivity index (χ4v) is 2.90. The number of hydrogen-bond donors (Lipinski definition) is 1. The predicted octanol–water partition coefficient (Wildman–Crippen LogP) is 3.32. The average molecular weight is 270 g/mol. The maximum absolute atomic E-state index is 4.49. The van der Waals surface area contributed by atoms with Crippen molar-refractivity contribution in [1.29, 1.82) is 0 Å². The van der Waals surface area contributed by atoms with Gasteiger partial charge in [0.05, 0.1) is 5.39 Å². The minimum atomic E-state index is 0.717. The zero-order valence-corrected chi connectivity index (χ0v) is 11.7. The van der Waals surface area contributed by atoms with Gasteiger partial charge in [-0.15, -0.1) is 11.3 Å². The number of aryl methyl sites for hydroxylation is 2. The maximum Gasteiger partial charge on any atom is 0.138 e. The smallest absolute Gasteiger partial charge is 0.138 e. The molecule has 3 aromatic heterocycles. The summed E-state index contributed by atoms with van der Waals surface area (Å²) >= 11 is 1.70. The SMILES string of the molecule is Cc1nc(NCc2cccnc2)c2cc(C)sc2n1. The molecule has 0 aliphatic carbocycles. The number of rotatable bonds is 3. The molecule has 0 unspecified atom stereocenters. The highest BCUT2D eigenvalue weighted by atomic mass is 32.1. The van der Waals surface area contributed by atoms with Crippen LogP contribution in [0.5, 0.6) is 0 Å². The molecular weight excluding hydrogens is 256 g/mol. The molecule has 0 saturated carbocycles. The second kappa shape index (κ2) is 4.93. The van der Waals surface area contributed by atoms with Crippen LogP contribution in [0.3, 0.4) is 0 Å². The van der Waals surface area contributed by atoms with E-state index in [9.17, 15) is 0 Å². The van der Waals surface area contributed by atoms with E-state index in [0.717, 1.165) is 27.4 Å². The largest absolute Gasteiger partial charge is 0.365 e. The zero-order chi connectivity index (χ0) is 13.2. The Balaban J connectivity index is 1.92. The molecule has 0 atom stereocenters. The summed E-state index contributed by atoms with van der Waals surface area (Å²) in [5.74, 6) is 1.69. The molecule has 3 rings (SSSR count). The molecule has 96 valence electrons. The lowest BCUT2D eigenvalue weighted by Crippen LogP contribution is -2.03. The third-order valence-electron chi connectivity index (χ3n) is 2.81. The zero-order valence-electron chi connectivity index (χ0n) is 10.8. The number of thiophene rings is 1. The van der Waals surface area contributed by atoms with Gasteiger partial charge < -0.3 is 5.32 Å². The lowest BCUT2D eigenvalue weighted by molar-refractivity contribution is 1.05. The van der Waals surface area contributed by atoms with Crippen molar-refractivity contribution >= 4 is 27.4 Å². The van der Waals surface area contributed by atoms with E-state index in [0.29, 0.717) is 6.54 Å². The molecule has 0 aromatic carbocycles. The van der Waals surface area contributed by atoms with Gasteiger partial charge in [-0.3, -0.25) is 4.98 Å². The van der Waals surface area contributed by atoms with Crippen LogP contribution in [0.2, 0.25) is 0 Å². The quantitative estimate of drug-likeness (QED) is 0.793. The normalized spacial score (nSPS) is 10.8. The molecule has 0 spiro atoms. The number of pyridine rings is 1. The molecular formula is C14H14N4S. The molecule has 0 bridgehead atoms. The summed E-state index contributed by atoms with van der Waals surface area (Å²) < 4.78 is 0. The van der Waals surface area contributed by atoms with Crippen LogP contribution in [0, 0.1) is 13.8 Å². The van der Waals surface area contributed by atoms with Gasteiger partial charge in [0.15, 0.2) is 0 Å². The van der Waals surface area contributed by atoms with Gasteiger partial charge in [0.1, 0.15) is 16.5 Å². The van der Waals surface area contributed by atoms with Crippen molar-refractivity contribution in [2.75, 3.05) is 5.32 Å². The average Bonchev–Trinajstić information content (AvgIpc) is 2.77. The van der Waals surface area contributed by atoms with Crippen LogP contribution in [-0.4, -0.2) is 15.0 Å². The van der Waals surface area contributed by atoms with Crippen molar-refractivity contribution in [3.8, 4) is 0 Å². The highest BCUT2D eigenvalue weighted by molar-refractivity contribution is 7.18. The van der Waals surface area contributed by atoms with Gasteiger partial charge in [-0.05, 0) is 31.5 Å². The molecule has 0 fully saturated rings. The lowest BCUT2D eigenvalue weighted by Gasteiger charge is -2.07. The van der Waals surface area contributed by atoms with Gasteiger partial charge in [0.25, 0.3) is 0 Å². The van der Waals surface area contributed by atoms with Gasteiger partial charge in [-0.1, -0.05) is 6.07 Å². The van der Waals surface area contributed by atoms with Gasteiger partial charge in [-0.2, -0.15) is 0 Å². The number of anilines is 1. The summed E-state index contributed by atoms with van der Waals surface area (Å²) in [5, 5.41) is 4.47. The van der Waals surface area contributed by atoms with E-state index in [1.54, 1.807) is 17.5 Å². The standard InChI is InChI=1S/C14H14N4S/c1-9-6-12-13(17-10(2)18-14(12)19-9)16-8-11-4-3-5-15-7-11/h3-7H,8H2,1-2H3,(H,16,17,18). The van der Waals surface area contributed by atoms with Crippen molar-refractivity contribution in [3.63, 3.8) is 0 Å². The third-order valence-corrected chi connectivity index (χ3v) is 3.75. The first-order chi connectivity index (χ1) is 9.22. The number of aromatic nitrogens is 3. The van der Waals surface area contributed by atoms with Crippen LogP contribution in [-0.2, 0) is 6.54 Å². The third kappa shape index (κ3) is 2.56. The molecule has 0 aliphatic rings. The first kappa shape index (κ1) is 12.0. The number of fused-ring (bicyclic) bond motifs is 1. The summed E-state index contributed by atoms with van der Waals surface area (Å²) in [4.78, 5) is 15.4. The van der Waals surface area contributed by atoms with Crippen molar-refractivity contribution in [1.82, 2.24) is 15.0 Å². The molecule has 19 heavy (non-hydrogen) atoms. The molecule has 3 heterocycles. The Hall–Kier alpha value is -2.01. The maximum atomic E-state index is 4.49. The van der Waals surface area contributed by atoms with E-state index in [1.165, 1.54) is 4.88 Å². The van der Waals surface area contributed by atoms with Crippen LogP contribution in [0.1, 0.15) is 16.3 Å². The van der Waals surface area contributed by atoms with Crippen molar-refractivity contribution in [3.05, 3.63) is 46.9 Å². The number of nitrogens with zero attached hydrogens (tertiary/aromatic N) is 3. The molecule has 0 aliphatic heterocycles. The van der Waals surface area contributed by atoms with Gasteiger partial charge in [0, 0.05) is 23.8 Å². The molecule has 0 radical (unpaired) electrons. The van der Waals surface area contributed by atoms with E-state index in [1.807, 2.05) is 25.3 Å². The Bertz CT molecular complexity index is 706. The minimum Gasteiger partial charge on any atom is -0.365 e. The predicted molar refractivity (Wildman–Crippen MR) is 78.5 cm³/mol. The highest BCUT2D eigenvalue weighted by Crippen LogP contribution is 2.28. The first-order valence-corrected chi connectivity index (χ1v) is 6.91. The summed E-state index contributed by atoms with van der Waals surface area (Å²) in [6, 6.07) is 6.11. The fraction of sp³-hybridized carbons (Fsp3) is 0.214. The van der Waals surface area contributed by atoms with Crippen LogP contribution in [0.25, 0.3) is 10.2 Å². The second-order valence-electron chi connectivity index (χ2n) is 4.41. The summed E-state index contributed by atoms with van der Waals surface area (Å²) in [5.41, 5.74) is 1.14. The topological polar surface area (TPSA) is 50.7 Å². The monoisotopic (exact) mass is 270 g/mol. The van der Waals surface area contributed by atoms with E-state index < -0.39 is 0 Å². The molecule has 5 heteroatoms. The Morgan fingerprint density at radius 3 is 2.95 bits per heavy atom. The first-order valence-electron chi connectivity index (χ1n) is 6.10. The fourth-order valence-electron chi connectivity index (χ4n) is 1.97. The Kier molecular flexibility index (Phi) is 3.13. The molecule has 3 aromatic rings. The number of hydrogen-bond acceptors (Lipinski definition) is 5. The molecule has 0 amide bonds. The van der Waals surface area contributed by atoms with Crippen LogP contribution < -0.4 is 5.32 Å². The van der Waals surface area contributed by atoms with Crippen molar-refractivity contribution in [2.24, 2.45) is 0 Å². The summed E-state index contributed by atoms with van der Waals surface area (Å²) in [7, 11) is 0. The van der Waals surface area contributed by atoms with Crippen LogP contribution in [0.15, 0.2) is 30.6 Å². The molecule has 0 saturated heterocycles. The van der Waals surface area contributed by atoms with Crippen LogP contribution in [0.4, 0.5) is 5.82 Å².